The van der Waals surface area contributed by atoms with Gasteiger partial charge in [0.05, 0.1) is 4.99 Å². The highest BCUT2D eigenvalue weighted by atomic mass is 32.2. The summed E-state index contributed by atoms with van der Waals surface area (Å²) in [5.74, 6) is 1.05. The summed E-state index contributed by atoms with van der Waals surface area (Å²) in [4.78, 5) is 0.0203. The molecule has 0 aliphatic heterocycles. The van der Waals surface area contributed by atoms with Crippen LogP contribution in [-0.4, -0.2) is 25.2 Å². The molecule has 0 aromatic rings. The molecule has 1 aliphatic rings. The lowest BCUT2D eigenvalue weighted by molar-refractivity contribution is 0.414. The summed E-state index contributed by atoms with van der Waals surface area (Å²) in [5, 5.41) is -0.792. The second-order valence-electron chi connectivity index (χ2n) is 4.61. The van der Waals surface area contributed by atoms with E-state index in [1.807, 2.05) is 0 Å². The van der Waals surface area contributed by atoms with E-state index in [1.54, 1.807) is 0 Å². The van der Waals surface area contributed by atoms with Crippen molar-refractivity contribution >= 4 is 27.2 Å². The fraction of sp³-hybridized carbons (Fsp3) is 0.900. The molecule has 6 heteroatoms. The zero-order chi connectivity index (χ0) is 12.3. The number of hydrogen-bond donors (Lipinski definition) is 2. The van der Waals surface area contributed by atoms with Crippen LogP contribution in [0.25, 0.3) is 0 Å². The number of nitrogens with two attached hydrogens (primary N) is 1. The molecule has 0 spiro atoms. The van der Waals surface area contributed by atoms with Gasteiger partial charge in [-0.1, -0.05) is 32.0 Å². The van der Waals surface area contributed by atoms with Crippen molar-refractivity contribution in [3.8, 4) is 0 Å². The van der Waals surface area contributed by atoms with E-state index in [0.29, 0.717) is 18.4 Å². The average Bonchev–Trinajstić information content (AvgIpc) is 2.60. The van der Waals surface area contributed by atoms with Gasteiger partial charge in [-0.25, -0.2) is 13.1 Å². The van der Waals surface area contributed by atoms with Gasteiger partial charge in [-0.05, 0) is 25.2 Å². The predicted molar refractivity (Wildman–Crippen MR) is 69.7 cm³/mol. The van der Waals surface area contributed by atoms with Crippen LogP contribution in [0.15, 0.2) is 0 Å². The van der Waals surface area contributed by atoms with Gasteiger partial charge in [-0.2, -0.15) is 0 Å². The van der Waals surface area contributed by atoms with E-state index >= 15 is 0 Å². The molecule has 94 valence electrons. The van der Waals surface area contributed by atoms with Crippen molar-refractivity contribution in [2.45, 2.75) is 38.4 Å². The van der Waals surface area contributed by atoms with Crippen molar-refractivity contribution in [1.82, 2.24) is 4.72 Å². The number of hydrogen-bond acceptors (Lipinski definition) is 3. The minimum absolute atomic E-state index is 0.0203. The van der Waals surface area contributed by atoms with Gasteiger partial charge in [-0.15, -0.1) is 0 Å². The first-order valence-electron chi connectivity index (χ1n) is 5.62. The lowest BCUT2D eigenvalue weighted by Gasteiger charge is -2.18. The number of nitrogens with one attached hydrogen (secondary N) is 1. The minimum Gasteiger partial charge on any atom is -0.392 e. The normalized spacial score (nSPS) is 27.9. The van der Waals surface area contributed by atoms with Crippen molar-refractivity contribution in [1.29, 1.82) is 0 Å². The summed E-state index contributed by atoms with van der Waals surface area (Å²) >= 11 is 4.70. The fourth-order valence-corrected chi connectivity index (χ4v) is 3.41. The highest BCUT2D eigenvalue weighted by Crippen LogP contribution is 2.30. The summed E-state index contributed by atoms with van der Waals surface area (Å²) in [6.07, 6.45) is 3.49. The standard InChI is InChI=1S/C10H20N2O2S2/c1-7-4-3-5-9(7)6-12-16(13,14)8(2)10(11)15/h7-9,12H,3-6H2,1-2H3,(H2,11,15). The molecule has 16 heavy (non-hydrogen) atoms. The fourth-order valence-electron chi connectivity index (χ4n) is 2.03. The van der Waals surface area contributed by atoms with E-state index in [2.05, 4.69) is 11.6 Å². The van der Waals surface area contributed by atoms with Gasteiger partial charge in [0.1, 0.15) is 5.25 Å². The summed E-state index contributed by atoms with van der Waals surface area (Å²) in [7, 11) is -3.39. The Labute approximate surface area is 103 Å². The van der Waals surface area contributed by atoms with Gasteiger partial charge < -0.3 is 5.73 Å². The zero-order valence-electron chi connectivity index (χ0n) is 9.77. The third-order valence-electron chi connectivity index (χ3n) is 3.45. The first kappa shape index (κ1) is 13.9. The first-order valence-corrected chi connectivity index (χ1v) is 7.58. The van der Waals surface area contributed by atoms with E-state index in [0.717, 1.165) is 6.42 Å². The van der Waals surface area contributed by atoms with Crippen molar-refractivity contribution in [2.24, 2.45) is 17.6 Å². The van der Waals surface area contributed by atoms with Crippen molar-refractivity contribution in [2.75, 3.05) is 6.54 Å². The molecule has 0 bridgehead atoms. The number of rotatable bonds is 5. The van der Waals surface area contributed by atoms with Gasteiger partial charge in [0.15, 0.2) is 0 Å². The summed E-state index contributed by atoms with van der Waals surface area (Å²) in [6.45, 7) is 4.20. The molecule has 0 aromatic carbocycles. The molecule has 0 saturated heterocycles. The van der Waals surface area contributed by atoms with Gasteiger partial charge in [-0.3, -0.25) is 0 Å². The van der Waals surface area contributed by atoms with Crippen LogP contribution in [0.3, 0.4) is 0 Å². The van der Waals surface area contributed by atoms with E-state index in [-0.39, 0.29) is 4.99 Å². The van der Waals surface area contributed by atoms with Crippen LogP contribution in [-0.2, 0) is 10.0 Å². The molecule has 1 saturated carbocycles. The van der Waals surface area contributed by atoms with Crippen LogP contribution in [0.5, 0.6) is 0 Å². The smallest absolute Gasteiger partial charge is 0.220 e. The second-order valence-corrected chi connectivity index (χ2v) is 7.16. The maximum Gasteiger partial charge on any atom is 0.220 e. The van der Waals surface area contributed by atoms with Crippen LogP contribution in [0.2, 0.25) is 0 Å². The molecular formula is C10H20N2O2S2. The molecule has 0 heterocycles. The number of thiocarbonyl (C=S) groups is 1. The van der Waals surface area contributed by atoms with Gasteiger partial charge in [0, 0.05) is 6.54 Å². The monoisotopic (exact) mass is 264 g/mol. The lowest BCUT2D eigenvalue weighted by Crippen LogP contribution is -2.42. The second kappa shape index (κ2) is 5.42. The number of sulfonamides is 1. The van der Waals surface area contributed by atoms with Crippen molar-refractivity contribution in [3.05, 3.63) is 0 Å². The third-order valence-corrected chi connectivity index (χ3v) is 5.71. The molecule has 3 N–H and O–H groups in total. The lowest BCUT2D eigenvalue weighted by atomic mass is 9.99. The minimum atomic E-state index is -3.39. The molecule has 0 radical (unpaired) electrons. The van der Waals surface area contributed by atoms with E-state index in [1.165, 1.54) is 19.8 Å². The molecule has 0 amide bonds. The molecule has 0 aromatic heterocycles. The van der Waals surface area contributed by atoms with Crippen LogP contribution in [0.1, 0.15) is 33.1 Å². The Bertz CT molecular complexity index is 354. The Balaban J connectivity index is 2.51. The van der Waals surface area contributed by atoms with Crippen LogP contribution >= 0.6 is 12.2 Å². The van der Waals surface area contributed by atoms with E-state index < -0.39 is 15.3 Å². The Morgan fingerprint density at radius 1 is 1.56 bits per heavy atom. The highest BCUT2D eigenvalue weighted by Gasteiger charge is 2.27. The van der Waals surface area contributed by atoms with Crippen LogP contribution < -0.4 is 10.5 Å². The van der Waals surface area contributed by atoms with Crippen LogP contribution in [0, 0.1) is 11.8 Å². The van der Waals surface area contributed by atoms with Gasteiger partial charge >= 0.3 is 0 Å². The first-order chi connectivity index (χ1) is 7.34. The van der Waals surface area contributed by atoms with Gasteiger partial charge in [0.25, 0.3) is 0 Å². The van der Waals surface area contributed by atoms with E-state index in [9.17, 15) is 8.42 Å². The third kappa shape index (κ3) is 3.40. The molecular weight excluding hydrogens is 244 g/mol. The summed E-state index contributed by atoms with van der Waals surface area (Å²) < 4.78 is 26.1. The molecule has 3 atom stereocenters. The predicted octanol–water partition coefficient (Wildman–Crippen LogP) is 1.02. The quantitative estimate of drug-likeness (QED) is 0.727. The largest absolute Gasteiger partial charge is 0.392 e. The molecule has 4 nitrogen and oxygen atoms in total. The van der Waals surface area contributed by atoms with Crippen LogP contribution in [0.4, 0.5) is 0 Å². The SMILES string of the molecule is CC1CCCC1CNS(=O)(=O)C(C)C(N)=S. The molecule has 1 aliphatic carbocycles. The maximum atomic E-state index is 11.8. The topological polar surface area (TPSA) is 72.2 Å². The van der Waals surface area contributed by atoms with Gasteiger partial charge in [0.2, 0.25) is 10.0 Å². The zero-order valence-corrected chi connectivity index (χ0v) is 11.4. The summed E-state index contributed by atoms with van der Waals surface area (Å²) in [5.41, 5.74) is 5.35. The average molecular weight is 264 g/mol. The molecule has 1 fully saturated rings. The Morgan fingerprint density at radius 2 is 2.19 bits per heavy atom. The molecule has 3 unspecified atom stereocenters. The summed E-state index contributed by atoms with van der Waals surface area (Å²) in [6, 6.07) is 0. The van der Waals surface area contributed by atoms with Crippen molar-refractivity contribution in [3.63, 3.8) is 0 Å². The van der Waals surface area contributed by atoms with E-state index in [4.69, 9.17) is 18.0 Å². The Morgan fingerprint density at radius 3 is 2.62 bits per heavy atom. The molecule has 1 rings (SSSR count). The maximum absolute atomic E-state index is 11.8. The Kier molecular flexibility index (Phi) is 4.70. The Hall–Kier alpha value is -0.200. The van der Waals surface area contributed by atoms with Crippen molar-refractivity contribution < 1.29 is 8.42 Å². The highest BCUT2D eigenvalue weighted by molar-refractivity contribution is 7.93.